The number of rotatable bonds is 16. The van der Waals surface area contributed by atoms with Gasteiger partial charge in [-0.2, -0.15) is 39.5 Å². The molecule has 1 N–H and O–H groups in total. The van der Waals surface area contributed by atoms with Gasteiger partial charge in [-0.05, 0) is 98.4 Å². The summed E-state index contributed by atoms with van der Waals surface area (Å²) in [5.74, 6) is -1.17. The Kier molecular flexibility index (Phi) is 15.7. The van der Waals surface area contributed by atoms with Crippen molar-refractivity contribution in [2.75, 3.05) is 48.0 Å². The van der Waals surface area contributed by atoms with Gasteiger partial charge in [0.25, 0.3) is 0 Å². The number of halogens is 10. The zero-order valence-electron chi connectivity index (χ0n) is 30.3. The molecule has 20 heteroatoms. The summed E-state index contributed by atoms with van der Waals surface area (Å²) in [4.78, 5) is 22.8. The molecule has 1 heterocycles. The minimum atomic E-state index is -5.10. The van der Waals surface area contributed by atoms with Crippen LogP contribution in [0.25, 0.3) is 0 Å². The van der Waals surface area contributed by atoms with Crippen molar-refractivity contribution in [2.24, 2.45) is 11.8 Å². The number of hydrogen-bond acceptors (Lipinski definition) is 8. The van der Waals surface area contributed by atoms with Crippen LogP contribution in [0.5, 0.6) is 5.75 Å². The quantitative estimate of drug-likeness (QED) is 0.142. The molecule has 0 amide bonds. The summed E-state index contributed by atoms with van der Waals surface area (Å²) < 4.78 is 152. The normalized spacial score (nSPS) is 16.6. The average Bonchev–Trinajstić information content (AvgIpc) is 3.08. The van der Waals surface area contributed by atoms with Crippen LogP contribution in [0.4, 0.5) is 51.1 Å². The van der Waals surface area contributed by atoms with E-state index in [1.54, 1.807) is 0 Å². The highest BCUT2D eigenvalue weighted by atomic mass is 35.5. The molecule has 2 aromatic carbocycles. The van der Waals surface area contributed by atoms with Gasteiger partial charge >= 0.3 is 24.5 Å². The molecule has 1 aromatic heterocycles. The van der Waals surface area contributed by atoms with E-state index in [0.717, 1.165) is 30.8 Å². The van der Waals surface area contributed by atoms with Crippen LogP contribution in [0.3, 0.4) is 0 Å². The first-order valence-corrected chi connectivity index (χ1v) is 19.4. The number of anilines is 2. The fraction of sp³-hybridized carbons (Fsp3) is 0.528. The van der Waals surface area contributed by atoms with Crippen LogP contribution >= 0.6 is 12.4 Å². The monoisotopic (exact) mass is 848 g/mol. The van der Waals surface area contributed by atoms with E-state index < -0.39 is 57.4 Å². The van der Waals surface area contributed by atoms with Crippen LogP contribution in [0.15, 0.2) is 48.8 Å². The van der Waals surface area contributed by atoms with Crippen molar-refractivity contribution in [1.29, 1.82) is 0 Å². The standard InChI is InChI=1S/C36H41F9N4O5S.ClH/c1-3-48(21-24-6-4-23(5-7-24)16-32(50)51)31-9-8-27(34(37,38)39)17-26(31)22-49(33-46-19-30(20-47-33)54-12-13-55(2,52)53)11-10-25-14-28(35(40,41)42)18-29(15-25)36(43,44)45;/h8-9,14-15,17-20,23-24H,3-7,10-13,16,21-22H2,1-2H3,(H,50,51);1H/t23-,24-;. The summed E-state index contributed by atoms with van der Waals surface area (Å²) in [6.07, 6.45) is -9.22. The number of aromatic nitrogens is 2. The molecular weight excluding hydrogens is 807 g/mol. The Bertz CT molecular complexity index is 1840. The lowest BCUT2D eigenvalue weighted by Gasteiger charge is -2.35. The lowest BCUT2D eigenvalue weighted by molar-refractivity contribution is -0.143. The fourth-order valence-electron chi connectivity index (χ4n) is 6.51. The number of sulfone groups is 1. The van der Waals surface area contributed by atoms with Crippen molar-refractivity contribution >= 4 is 39.8 Å². The SMILES string of the molecule is CCN(C[C@H]1CC[C@H](CC(=O)O)CC1)c1ccc(C(F)(F)F)cc1CN(CCc1cc(C(F)(F)F)cc(C(F)(F)F)c1)c1ncc(OCCS(C)(=O)=O)cn1.Cl. The smallest absolute Gasteiger partial charge is 0.416 e. The van der Waals surface area contributed by atoms with Gasteiger partial charge in [0.05, 0.1) is 34.8 Å². The van der Waals surface area contributed by atoms with Crippen LogP contribution in [0.2, 0.25) is 0 Å². The van der Waals surface area contributed by atoms with Crippen LogP contribution < -0.4 is 14.5 Å². The van der Waals surface area contributed by atoms with Gasteiger partial charge in [0.15, 0.2) is 15.6 Å². The van der Waals surface area contributed by atoms with Gasteiger partial charge in [0.2, 0.25) is 5.95 Å². The number of alkyl halides is 9. The average molecular weight is 849 g/mol. The van der Waals surface area contributed by atoms with Crippen LogP contribution in [0.1, 0.15) is 66.8 Å². The van der Waals surface area contributed by atoms with Gasteiger partial charge in [0, 0.05) is 44.5 Å². The Labute approximate surface area is 324 Å². The number of carboxylic acid groups (broad SMARTS) is 1. The Morgan fingerprint density at radius 1 is 0.839 bits per heavy atom. The molecular formula is C36H42ClF9N4O5S. The number of hydrogen-bond donors (Lipinski definition) is 1. The number of nitrogens with zero attached hydrogens (tertiary/aromatic N) is 4. The van der Waals surface area contributed by atoms with Crippen LogP contribution in [-0.4, -0.2) is 67.7 Å². The molecule has 312 valence electrons. The molecule has 0 atom stereocenters. The van der Waals surface area contributed by atoms with E-state index >= 15 is 0 Å². The first-order chi connectivity index (χ1) is 25.5. The van der Waals surface area contributed by atoms with E-state index in [2.05, 4.69) is 9.97 Å². The Morgan fingerprint density at radius 2 is 1.39 bits per heavy atom. The molecule has 0 aliphatic heterocycles. The van der Waals surface area contributed by atoms with E-state index in [-0.39, 0.29) is 85.0 Å². The van der Waals surface area contributed by atoms with Gasteiger partial charge in [0.1, 0.15) is 6.61 Å². The van der Waals surface area contributed by atoms with E-state index in [4.69, 9.17) is 4.74 Å². The zero-order valence-corrected chi connectivity index (χ0v) is 32.0. The van der Waals surface area contributed by atoms with Gasteiger partial charge in [-0.3, -0.25) is 4.79 Å². The number of carboxylic acids is 1. The minimum absolute atomic E-state index is 0. The van der Waals surface area contributed by atoms with Gasteiger partial charge in [-0.25, -0.2) is 18.4 Å². The highest BCUT2D eigenvalue weighted by Crippen LogP contribution is 2.38. The molecule has 9 nitrogen and oxygen atoms in total. The van der Waals surface area contributed by atoms with Crippen molar-refractivity contribution in [2.45, 2.75) is 70.5 Å². The summed E-state index contributed by atoms with van der Waals surface area (Å²) in [6, 6.07) is 4.33. The molecule has 0 radical (unpaired) electrons. The lowest BCUT2D eigenvalue weighted by Crippen LogP contribution is -2.34. The number of aliphatic carboxylic acids is 1. The maximum absolute atomic E-state index is 14.1. The molecule has 0 saturated heterocycles. The molecule has 1 aliphatic rings. The van der Waals surface area contributed by atoms with E-state index in [1.165, 1.54) is 11.0 Å². The van der Waals surface area contributed by atoms with Crippen LogP contribution in [-0.2, 0) is 46.1 Å². The van der Waals surface area contributed by atoms with Crippen molar-refractivity contribution in [3.8, 4) is 5.75 Å². The van der Waals surface area contributed by atoms with Crippen molar-refractivity contribution < 1.29 is 62.6 Å². The molecule has 1 aliphatic carbocycles. The largest absolute Gasteiger partial charge is 0.489 e. The predicted molar refractivity (Wildman–Crippen MR) is 193 cm³/mol. The first kappa shape index (κ1) is 46.4. The maximum atomic E-state index is 14.1. The zero-order chi connectivity index (χ0) is 40.8. The highest BCUT2D eigenvalue weighted by Gasteiger charge is 2.37. The molecule has 0 unspecified atom stereocenters. The number of ether oxygens (including phenoxy) is 1. The van der Waals surface area contributed by atoms with E-state index in [0.29, 0.717) is 56.6 Å². The summed E-state index contributed by atoms with van der Waals surface area (Å²) in [5.41, 5.74) is -3.83. The predicted octanol–water partition coefficient (Wildman–Crippen LogP) is 8.73. The summed E-state index contributed by atoms with van der Waals surface area (Å²) in [7, 11) is -3.37. The van der Waals surface area contributed by atoms with Crippen molar-refractivity contribution in [3.63, 3.8) is 0 Å². The third kappa shape index (κ3) is 13.9. The first-order valence-electron chi connectivity index (χ1n) is 17.3. The van der Waals surface area contributed by atoms with Crippen LogP contribution in [0, 0.1) is 11.8 Å². The Hall–Kier alpha value is -4.00. The Morgan fingerprint density at radius 3 is 1.89 bits per heavy atom. The molecule has 1 saturated carbocycles. The third-order valence-corrected chi connectivity index (χ3v) is 10.2. The van der Waals surface area contributed by atoms with Gasteiger partial charge in [-0.15, -0.1) is 12.4 Å². The summed E-state index contributed by atoms with van der Waals surface area (Å²) >= 11 is 0. The third-order valence-electron chi connectivity index (χ3n) is 9.34. The molecule has 0 spiro atoms. The van der Waals surface area contributed by atoms with E-state index in [9.17, 15) is 57.8 Å². The lowest BCUT2D eigenvalue weighted by atomic mass is 9.80. The fourth-order valence-corrected chi connectivity index (χ4v) is 6.90. The van der Waals surface area contributed by atoms with E-state index in [1.807, 2.05) is 11.8 Å². The second-order valence-electron chi connectivity index (χ2n) is 13.6. The number of carbonyl (C=O) groups is 1. The highest BCUT2D eigenvalue weighted by molar-refractivity contribution is 7.90. The summed E-state index contributed by atoms with van der Waals surface area (Å²) in [6.45, 7) is 1.70. The molecule has 0 bridgehead atoms. The summed E-state index contributed by atoms with van der Waals surface area (Å²) in [5, 5.41) is 9.18. The maximum Gasteiger partial charge on any atom is 0.416 e. The number of benzene rings is 2. The second kappa shape index (κ2) is 19.0. The molecule has 1 fully saturated rings. The topological polar surface area (TPSA) is 113 Å². The minimum Gasteiger partial charge on any atom is -0.489 e. The molecule has 4 rings (SSSR count). The van der Waals surface area contributed by atoms with Crippen molar-refractivity contribution in [1.82, 2.24) is 9.97 Å². The molecule has 56 heavy (non-hydrogen) atoms. The second-order valence-corrected chi connectivity index (χ2v) is 15.9. The van der Waals surface area contributed by atoms with Gasteiger partial charge in [-0.1, -0.05) is 0 Å². The Balaban J connectivity index is 0.00000841. The van der Waals surface area contributed by atoms with Crippen molar-refractivity contribution in [3.05, 3.63) is 76.6 Å². The van der Waals surface area contributed by atoms with Gasteiger partial charge < -0.3 is 19.6 Å². The molecule has 3 aromatic rings.